The zero-order chi connectivity index (χ0) is 58.9. The molecule has 0 bridgehead atoms. The molecule has 1 saturated heterocycles. The van der Waals surface area contributed by atoms with Crippen LogP contribution in [0, 0.1) is 0 Å². The summed E-state index contributed by atoms with van der Waals surface area (Å²) in [5, 5.41) is 57.1. The molecule has 0 aromatic rings. The molecule has 0 saturated carbocycles. The number of unbranched alkanes of at least 4 members (excludes halogenated alkanes) is 45. The Labute approximate surface area is 499 Å². The van der Waals surface area contributed by atoms with Crippen LogP contribution in [0.2, 0.25) is 0 Å². The quantitative estimate of drug-likeness (QED) is 0.0195. The van der Waals surface area contributed by atoms with E-state index in [9.17, 15) is 35.1 Å². The molecule has 81 heavy (non-hydrogen) atoms. The fraction of sp³-hybridized carbons (Fsp3) is 0.914. The van der Waals surface area contributed by atoms with Crippen LogP contribution in [0.1, 0.15) is 348 Å². The number of nitrogens with one attached hydrogen (secondary N) is 1. The van der Waals surface area contributed by atoms with E-state index < -0.39 is 67.4 Å². The zero-order valence-electron chi connectivity index (χ0n) is 53.2. The minimum Gasteiger partial charge on any atom is -0.454 e. The van der Waals surface area contributed by atoms with Crippen LogP contribution in [0.5, 0.6) is 0 Å². The monoisotopic (exact) mass is 1150 g/mol. The predicted octanol–water partition coefficient (Wildman–Crippen LogP) is 17.6. The van der Waals surface area contributed by atoms with Crippen LogP contribution in [0.15, 0.2) is 24.3 Å². The van der Waals surface area contributed by atoms with Crippen molar-refractivity contribution in [3.63, 3.8) is 0 Å². The van der Waals surface area contributed by atoms with Crippen LogP contribution in [0.4, 0.5) is 0 Å². The third kappa shape index (κ3) is 46.1. The Morgan fingerprint density at radius 2 is 0.815 bits per heavy atom. The van der Waals surface area contributed by atoms with Crippen LogP contribution in [0.25, 0.3) is 0 Å². The number of aliphatic hydroxyl groups is 5. The third-order valence-electron chi connectivity index (χ3n) is 16.9. The van der Waals surface area contributed by atoms with Gasteiger partial charge in [0, 0.05) is 6.42 Å². The molecule has 1 heterocycles. The van der Waals surface area contributed by atoms with E-state index in [1.807, 2.05) is 6.08 Å². The van der Waals surface area contributed by atoms with Gasteiger partial charge in [0.2, 0.25) is 5.91 Å². The van der Waals surface area contributed by atoms with Crippen molar-refractivity contribution in [2.24, 2.45) is 0 Å². The Balaban J connectivity index is 2.54. The van der Waals surface area contributed by atoms with E-state index in [-0.39, 0.29) is 13.0 Å². The number of ether oxygens (including phenoxy) is 3. The summed E-state index contributed by atoms with van der Waals surface area (Å²) in [4.78, 5) is 26.6. The van der Waals surface area contributed by atoms with Crippen molar-refractivity contribution in [1.82, 2.24) is 5.32 Å². The number of amides is 1. The summed E-state index contributed by atoms with van der Waals surface area (Å²) in [6.45, 7) is 5.83. The van der Waals surface area contributed by atoms with Crippen molar-refractivity contribution < 1.29 is 49.3 Å². The standard InChI is InChI=1S/C70H133NO10/c1-4-7-10-13-16-19-22-25-27-28-29-30-31-32-33-34-35-36-37-38-39-42-45-48-51-54-57-63(74)69(78)71-61(62(73)56-53-50-47-44-41-24-21-18-15-12-9-6-3)60-79-70-68(67(77)66(76)64(59-72)80-70)81-65(75)58-55-52-49-46-43-40-26-23-20-17-14-11-8-5-2/h25,27,53,56,61-64,66-68,70,72-74,76-77H,4-24,26,28-52,54-55,57-60H2,1-3H3,(H,71,78)/b27-25+,56-53+. The minimum atomic E-state index is -1.61. The molecular formula is C70H133NO10. The highest BCUT2D eigenvalue weighted by Crippen LogP contribution is 2.26. The summed E-state index contributed by atoms with van der Waals surface area (Å²) >= 11 is 0. The van der Waals surface area contributed by atoms with Gasteiger partial charge in [-0.15, -0.1) is 0 Å². The highest BCUT2D eigenvalue weighted by atomic mass is 16.7. The van der Waals surface area contributed by atoms with Gasteiger partial charge in [0.05, 0.1) is 25.4 Å². The van der Waals surface area contributed by atoms with E-state index >= 15 is 0 Å². The molecule has 1 amide bonds. The lowest BCUT2D eigenvalue weighted by atomic mass is 9.99. The number of hydrogen-bond donors (Lipinski definition) is 6. The summed E-state index contributed by atoms with van der Waals surface area (Å²) < 4.78 is 17.7. The van der Waals surface area contributed by atoms with Crippen molar-refractivity contribution in [3.8, 4) is 0 Å². The lowest BCUT2D eigenvalue weighted by molar-refractivity contribution is -0.305. The average Bonchev–Trinajstić information content (AvgIpc) is 3.48. The highest BCUT2D eigenvalue weighted by molar-refractivity contribution is 5.80. The Hall–Kier alpha value is -1.86. The second-order valence-electron chi connectivity index (χ2n) is 24.6. The molecule has 478 valence electrons. The summed E-state index contributed by atoms with van der Waals surface area (Å²) in [5.41, 5.74) is 0. The summed E-state index contributed by atoms with van der Waals surface area (Å²) in [5.74, 6) is -1.18. The van der Waals surface area contributed by atoms with Gasteiger partial charge in [0.1, 0.15) is 24.4 Å². The van der Waals surface area contributed by atoms with Gasteiger partial charge in [-0.25, -0.2) is 0 Å². The van der Waals surface area contributed by atoms with Gasteiger partial charge in [-0.05, 0) is 51.4 Å². The van der Waals surface area contributed by atoms with Gasteiger partial charge in [-0.1, -0.05) is 315 Å². The topological polar surface area (TPSA) is 175 Å². The number of hydrogen-bond acceptors (Lipinski definition) is 10. The van der Waals surface area contributed by atoms with Crippen molar-refractivity contribution in [1.29, 1.82) is 0 Å². The molecule has 6 N–H and O–H groups in total. The molecule has 1 aliphatic heterocycles. The normalized spacial score (nSPS) is 18.7. The molecule has 0 radical (unpaired) electrons. The molecule has 1 aliphatic rings. The first-order valence-electron chi connectivity index (χ1n) is 35.1. The average molecular weight is 1150 g/mol. The molecule has 11 heteroatoms. The van der Waals surface area contributed by atoms with Crippen LogP contribution in [-0.4, -0.2) is 99.6 Å². The van der Waals surface area contributed by atoms with E-state index in [4.69, 9.17) is 14.2 Å². The van der Waals surface area contributed by atoms with Crippen molar-refractivity contribution >= 4 is 11.9 Å². The van der Waals surface area contributed by atoms with Crippen molar-refractivity contribution in [2.75, 3.05) is 13.2 Å². The van der Waals surface area contributed by atoms with E-state index in [1.165, 1.54) is 244 Å². The summed E-state index contributed by atoms with van der Waals surface area (Å²) in [7, 11) is 0. The molecule has 11 nitrogen and oxygen atoms in total. The van der Waals surface area contributed by atoms with Crippen molar-refractivity contribution in [2.45, 2.75) is 397 Å². The van der Waals surface area contributed by atoms with Crippen LogP contribution in [-0.2, 0) is 23.8 Å². The molecule has 8 unspecified atom stereocenters. The first kappa shape index (κ1) is 77.2. The third-order valence-corrected chi connectivity index (χ3v) is 16.9. The zero-order valence-corrected chi connectivity index (χ0v) is 53.2. The second-order valence-corrected chi connectivity index (χ2v) is 24.6. The number of esters is 1. The number of rotatable bonds is 61. The fourth-order valence-corrected chi connectivity index (χ4v) is 11.3. The van der Waals surface area contributed by atoms with Gasteiger partial charge in [-0.2, -0.15) is 0 Å². The lowest BCUT2D eigenvalue weighted by Gasteiger charge is -2.41. The summed E-state index contributed by atoms with van der Waals surface area (Å²) in [6, 6.07) is -1.02. The van der Waals surface area contributed by atoms with Gasteiger partial charge in [0.15, 0.2) is 12.4 Å². The van der Waals surface area contributed by atoms with Gasteiger partial charge in [0.25, 0.3) is 0 Å². The molecule has 0 aromatic heterocycles. The maximum absolute atomic E-state index is 13.5. The predicted molar refractivity (Wildman–Crippen MR) is 338 cm³/mol. The molecule has 1 rings (SSSR count). The number of aliphatic hydroxyl groups excluding tert-OH is 5. The maximum Gasteiger partial charge on any atom is 0.306 e. The van der Waals surface area contributed by atoms with E-state index in [2.05, 4.69) is 38.2 Å². The molecule has 8 atom stereocenters. The second kappa shape index (κ2) is 58.5. The Bertz CT molecular complexity index is 1410. The van der Waals surface area contributed by atoms with Crippen LogP contribution < -0.4 is 5.32 Å². The van der Waals surface area contributed by atoms with Gasteiger partial charge in [-0.3, -0.25) is 9.59 Å². The number of allylic oxidation sites excluding steroid dienone is 3. The fourth-order valence-electron chi connectivity index (χ4n) is 11.3. The van der Waals surface area contributed by atoms with Crippen molar-refractivity contribution in [3.05, 3.63) is 24.3 Å². The minimum absolute atomic E-state index is 0.130. The molecule has 0 aliphatic carbocycles. The highest BCUT2D eigenvalue weighted by Gasteiger charge is 2.47. The Morgan fingerprint density at radius 1 is 0.469 bits per heavy atom. The molecule has 0 aromatic carbocycles. The number of carbonyl (C=O) groups is 2. The first-order chi connectivity index (χ1) is 39.7. The van der Waals surface area contributed by atoms with Crippen LogP contribution >= 0.6 is 0 Å². The first-order valence-corrected chi connectivity index (χ1v) is 35.1. The number of carbonyl (C=O) groups excluding carboxylic acids is 2. The summed E-state index contributed by atoms with van der Waals surface area (Å²) in [6.07, 6.45) is 59.5. The van der Waals surface area contributed by atoms with Crippen LogP contribution in [0.3, 0.4) is 0 Å². The Morgan fingerprint density at radius 3 is 1.20 bits per heavy atom. The van der Waals surface area contributed by atoms with Gasteiger partial charge < -0.3 is 45.1 Å². The van der Waals surface area contributed by atoms with E-state index in [1.54, 1.807) is 6.08 Å². The van der Waals surface area contributed by atoms with E-state index in [0.29, 0.717) is 19.3 Å². The largest absolute Gasteiger partial charge is 0.454 e. The molecule has 0 spiro atoms. The SMILES string of the molecule is CCCCCCCC/C=C/CCCCCCCCCCCCCCCCCCC(O)C(=O)NC(COC1OC(CO)C(O)C(O)C1OC(=O)CCCCCCCCCCCCCCCC)C(O)/C=C/CCCCCCCCCCCC. The maximum atomic E-state index is 13.5. The molecule has 1 fully saturated rings. The lowest BCUT2D eigenvalue weighted by Crippen LogP contribution is -2.61. The Kier molecular flexibility index (Phi) is 55.7. The smallest absolute Gasteiger partial charge is 0.306 e. The molecular weight excluding hydrogens is 1010 g/mol. The van der Waals surface area contributed by atoms with E-state index in [0.717, 1.165) is 57.8 Å². The van der Waals surface area contributed by atoms with Gasteiger partial charge >= 0.3 is 5.97 Å².